The lowest BCUT2D eigenvalue weighted by atomic mass is 10.2. The smallest absolute Gasteiger partial charge is 0.266 e. The van der Waals surface area contributed by atoms with Gasteiger partial charge in [-0.05, 0) is 87.9 Å². The van der Waals surface area contributed by atoms with Gasteiger partial charge in [0.05, 0.1) is 28.3 Å². The normalized spacial score (nSPS) is 18.1. The first-order chi connectivity index (χ1) is 18.4. The molecule has 2 saturated heterocycles. The SMILES string of the molecule is CN1C(=O)/C(=C/c2ccc(OCc3ccc(Cl)cc3Cl)c(Br)c2)SC1=Nc1ccc(N2CCOCC2)cc1. The summed E-state index contributed by atoms with van der Waals surface area (Å²) in [5.41, 5.74) is 3.66. The van der Waals surface area contributed by atoms with Gasteiger partial charge in [-0.1, -0.05) is 35.3 Å². The third-order valence-corrected chi connectivity index (χ3v) is 8.37. The summed E-state index contributed by atoms with van der Waals surface area (Å²) in [5, 5.41) is 1.78. The van der Waals surface area contributed by atoms with Crippen molar-refractivity contribution >= 4 is 79.4 Å². The molecular formula is C28H24BrCl2N3O3S. The molecule has 0 aromatic heterocycles. The van der Waals surface area contributed by atoms with Gasteiger partial charge in [0.1, 0.15) is 12.4 Å². The molecule has 10 heteroatoms. The molecule has 5 rings (SSSR count). The number of amides is 1. The highest BCUT2D eigenvalue weighted by Gasteiger charge is 2.30. The number of thioether (sulfide) groups is 1. The van der Waals surface area contributed by atoms with Crippen LogP contribution in [0.2, 0.25) is 10.0 Å². The number of carbonyl (C=O) groups excluding carboxylic acids is 1. The second-order valence-electron chi connectivity index (χ2n) is 8.70. The van der Waals surface area contributed by atoms with Crippen molar-refractivity contribution in [1.29, 1.82) is 0 Å². The number of amidine groups is 1. The fourth-order valence-electron chi connectivity index (χ4n) is 3.99. The molecule has 2 fully saturated rings. The molecule has 2 aliphatic heterocycles. The number of carbonyl (C=O) groups is 1. The third-order valence-electron chi connectivity index (χ3n) is 6.11. The lowest BCUT2D eigenvalue weighted by Crippen LogP contribution is -2.36. The number of hydrogen-bond donors (Lipinski definition) is 0. The maximum absolute atomic E-state index is 12.9. The van der Waals surface area contributed by atoms with Crippen LogP contribution in [-0.2, 0) is 16.1 Å². The number of halogens is 3. The van der Waals surface area contributed by atoms with E-state index in [9.17, 15) is 4.79 Å². The Morgan fingerprint density at radius 3 is 2.55 bits per heavy atom. The summed E-state index contributed by atoms with van der Waals surface area (Å²) in [4.78, 5) is 22.1. The minimum absolute atomic E-state index is 0.0903. The van der Waals surface area contributed by atoms with E-state index in [1.165, 1.54) is 11.8 Å². The summed E-state index contributed by atoms with van der Waals surface area (Å²) in [6.45, 7) is 3.56. The molecule has 0 spiro atoms. The molecule has 0 atom stereocenters. The average molecular weight is 633 g/mol. The van der Waals surface area contributed by atoms with Crippen molar-refractivity contribution in [2.45, 2.75) is 6.61 Å². The van der Waals surface area contributed by atoms with E-state index in [1.54, 1.807) is 24.1 Å². The van der Waals surface area contributed by atoms with E-state index >= 15 is 0 Å². The number of likely N-dealkylation sites (N-methyl/N-ethyl adjacent to an activating group) is 1. The van der Waals surface area contributed by atoms with E-state index in [0.29, 0.717) is 32.5 Å². The molecule has 3 aromatic carbocycles. The van der Waals surface area contributed by atoms with Crippen molar-refractivity contribution in [3.8, 4) is 5.75 Å². The van der Waals surface area contributed by atoms with Crippen LogP contribution in [0.1, 0.15) is 11.1 Å². The topological polar surface area (TPSA) is 54.4 Å². The number of aliphatic imine (C=N–C) groups is 1. The number of hydrogen-bond acceptors (Lipinski definition) is 6. The van der Waals surface area contributed by atoms with Crippen LogP contribution in [0.25, 0.3) is 6.08 Å². The molecule has 0 radical (unpaired) electrons. The number of anilines is 1. The van der Waals surface area contributed by atoms with Crippen molar-refractivity contribution in [2.24, 2.45) is 4.99 Å². The van der Waals surface area contributed by atoms with E-state index in [2.05, 4.69) is 33.0 Å². The van der Waals surface area contributed by atoms with Gasteiger partial charge in [-0.3, -0.25) is 9.69 Å². The Morgan fingerprint density at radius 2 is 1.84 bits per heavy atom. The predicted octanol–water partition coefficient (Wildman–Crippen LogP) is 7.41. The molecule has 196 valence electrons. The molecule has 3 aromatic rings. The molecule has 0 saturated carbocycles. The van der Waals surface area contributed by atoms with Crippen LogP contribution in [-0.4, -0.2) is 49.3 Å². The van der Waals surface area contributed by atoms with Crippen molar-refractivity contribution in [3.63, 3.8) is 0 Å². The van der Waals surface area contributed by atoms with Crippen LogP contribution < -0.4 is 9.64 Å². The number of ether oxygens (including phenoxy) is 2. The first-order valence-electron chi connectivity index (χ1n) is 11.9. The highest BCUT2D eigenvalue weighted by Crippen LogP contribution is 2.35. The summed E-state index contributed by atoms with van der Waals surface area (Å²) < 4.78 is 12.1. The Balaban J connectivity index is 1.26. The Labute approximate surface area is 244 Å². The second kappa shape index (κ2) is 12.1. The van der Waals surface area contributed by atoms with Crippen molar-refractivity contribution < 1.29 is 14.3 Å². The Hall–Kier alpha value is -2.49. The van der Waals surface area contributed by atoms with Crippen LogP contribution in [0.5, 0.6) is 5.75 Å². The van der Waals surface area contributed by atoms with E-state index < -0.39 is 0 Å². The minimum Gasteiger partial charge on any atom is -0.488 e. The van der Waals surface area contributed by atoms with Crippen molar-refractivity contribution in [1.82, 2.24) is 4.90 Å². The Kier molecular flexibility index (Phi) is 8.65. The standard InChI is InChI=1S/C28H24BrCl2N3O3S/c1-33-27(35)26(38-28(33)32-21-5-7-22(8-6-21)34-10-12-36-13-11-34)15-18-2-9-25(23(29)14-18)37-17-19-3-4-20(30)16-24(19)31/h2-9,14-16H,10-13,17H2,1H3/b26-15-,32-28?. The summed E-state index contributed by atoms with van der Waals surface area (Å²) in [6, 6.07) is 19.1. The van der Waals surface area contributed by atoms with E-state index in [0.717, 1.165) is 53.3 Å². The van der Waals surface area contributed by atoms with Gasteiger partial charge in [-0.2, -0.15) is 0 Å². The van der Waals surface area contributed by atoms with Gasteiger partial charge >= 0.3 is 0 Å². The number of morpholine rings is 1. The van der Waals surface area contributed by atoms with E-state index in [-0.39, 0.29) is 5.91 Å². The van der Waals surface area contributed by atoms with Crippen LogP contribution in [0.15, 0.2) is 75.0 Å². The Bertz CT molecular complexity index is 1410. The second-order valence-corrected chi connectivity index (χ2v) is 11.4. The summed E-state index contributed by atoms with van der Waals surface area (Å²) in [7, 11) is 1.74. The highest BCUT2D eigenvalue weighted by atomic mass is 79.9. The van der Waals surface area contributed by atoms with Gasteiger partial charge in [0.2, 0.25) is 0 Å². The fraction of sp³-hybridized carbons (Fsp3) is 0.214. The fourth-order valence-corrected chi connectivity index (χ4v) is 5.95. The molecule has 0 N–H and O–H groups in total. The molecule has 0 aliphatic carbocycles. The zero-order chi connectivity index (χ0) is 26.6. The lowest BCUT2D eigenvalue weighted by Gasteiger charge is -2.28. The van der Waals surface area contributed by atoms with Gasteiger partial charge in [0.25, 0.3) is 5.91 Å². The van der Waals surface area contributed by atoms with Gasteiger partial charge in [-0.25, -0.2) is 4.99 Å². The zero-order valence-electron chi connectivity index (χ0n) is 20.5. The number of rotatable bonds is 6. The maximum atomic E-state index is 12.9. The first kappa shape index (κ1) is 27.1. The van der Waals surface area contributed by atoms with Crippen LogP contribution in [0.3, 0.4) is 0 Å². The van der Waals surface area contributed by atoms with Crippen molar-refractivity contribution in [3.05, 3.63) is 91.2 Å². The maximum Gasteiger partial charge on any atom is 0.266 e. The van der Waals surface area contributed by atoms with Crippen molar-refractivity contribution in [2.75, 3.05) is 38.3 Å². The summed E-state index contributed by atoms with van der Waals surface area (Å²) >= 11 is 17.1. The molecule has 38 heavy (non-hydrogen) atoms. The van der Waals surface area contributed by atoms with Crippen LogP contribution in [0, 0.1) is 0 Å². The lowest BCUT2D eigenvalue weighted by molar-refractivity contribution is -0.121. The first-order valence-corrected chi connectivity index (χ1v) is 14.3. The van der Waals surface area contributed by atoms with Crippen LogP contribution in [0.4, 0.5) is 11.4 Å². The van der Waals surface area contributed by atoms with Gasteiger partial charge in [0, 0.05) is 41.4 Å². The third kappa shape index (κ3) is 6.38. The van der Waals surface area contributed by atoms with Gasteiger partial charge in [-0.15, -0.1) is 0 Å². The predicted molar refractivity (Wildman–Crippen MR) is 160 cm³/mol. The molecular weight excluding hydrogens is 609 g/mol. The summed E-state index contributed by atoms with van der Waals surface area (Å²) in [5.74, 6) is 0.580. The molecule has 1 amide bonds. The molecule has 2 heterocycles. The molecule has 0 unspecified atom stereocenters. The number of nitrogens with zero attached hydrogens (tertiary/aromatic N) is 3. The van der Waals surface area contributed by atoms with Gasteiger partial charge in [0.15, 0.2) is 5.17 Å². The quantitative estimate of drug-likeness (QED) is 0.265. The molecule has 2 aliphatic rings. The Morgan fingerprint density at radius 1 is 1.08 bits per heavy atom. The molecule has 6 nitrogen and oxygen atoms in total. The largest absolute Gasteiger partial charge is 0.488 e. The monoisotopic (exact) mass is 631 g/mol. The van der Waals surface area contributed by atoms with Gasteiger partial charge < -0.3 is 14.4 Å². The minimum atomic E-state index is -0.0903. The van der Waals surface area contributed by atoms with Crippen LogP contribution >= 0.6 is 50.9 Å². The molecule has 0 bridgehead atoms. The average Bonchev–Trinajstić information content (AvgIpc) is 3.17. The van der Waals surface area contributed by atoms with E-state index in [1.807, 2.05) is 42.5 Å². The number of benzene rings is 3. The zero-order valence-corrected chi connectivity index (χ0v) is 24.4. The highest BCUT2D eigenvalue weighted by molar-refractivity contribution is 9.10. The summed E-state index contributed by atoms with van der Waals surface area (Å²) in [6.07, 6.45) is 1.86. The van der Waals surface area contributed by atoms with E-state index in [4.69, 9.17) is 37.7 Å².